The molecule has 0 bridgehead atoms. The molecule has 6 nitrogen and oxygen atoms in total. The average Bonchev–Trinajstić information content (AvgIpc) is 1.99. The van der Waals surface area contributed by atoms with E-state index in [1.165, 1.54) is 13.0 Å². The first-order chi connectivity index (χ1) is 6.08. The second-order valence-corrected chi connectivity index (χ2v) is 2.54. The first-order valence-electron chi connectivity index (χ1n) is 3.68. The molecule has 0 radical (unpaired) electrons. The van der Waals surface area contributed by atoms with Gasteiger partial charge in [0.05, 0.1) is 0 Å². The molecule has 1 aromatic heterocycles. The molecular formula is C7H10N4O2. The van der Waals surface area contributed by atoms with Crippen molar-refractivity contribution in [3.05, 3.63) is 22.1 Å². The maximum Gasteiger partial charge on any atom is 0.252 e. The van der Waals surface area contributed by atoms with Gasteiger partial charge in [-0.3, -0.25) is 25.4 Å². The Bertz CT molecular complexity index is 371. The molecular weight excluding hydrogens is 172 g/mol. The van der Waals surface area contributed by atoms with Crippen molar-refractivity contribution in [2.24, 2.45) is 0 Å². The van der Waals surface area contributed by atoms with E-state index in [-0.39, 0.29) is 17.4 Å². The zero-order chi connectivity index (χ0) is 9.84. The molecule has 70 valence electrons. The SMILES string of the molecule is CC(=O)NNc1nc(C)cc(=O)[nH]1. The third kappa shape index (κ3) is 2.94. The van der Waals surface area contributed by atoms with Crippen LogP contribution in [0.4, 0.5) is 5.95 Å². The number of nitrogens with zero attached hydrogens (tertiary/aromatic N) is 1. The third-order valence-electron chi connectivity index (χ3n) is 1.23. The largest absolute Gasteiger partial charge is 0.291 e. The number of carbonyl (C=O) groups is 1. The highest BCUT2D eigenvalue weighted by Crippen LogP contribution is 1.92. The fourth-order valence-corrected chi connectivity index (χ4v) is 0.785. The quantitative estimate of drug-likeness (QED) is 0.540. The summed E-state index contributed by atoms with van der Waals surface area (Å²) in [5, 5.41) is 0. The van der Waals surface area contributed by atoms with Crippen LogP contribution in [0.5, 0.6) is 0 Å². The predicted octanol–water partition coefficient (Wildman–Crippen LogP) is -0.459. The van der Waals surface area contributed by atoms with Gasteiger partial charge < -0.3 is 0 Å². The third-order valence-corrected chi connectivity index (χ3v) is 1.23. The fourth-order valence-electron chi connectivity index (χ4n) is 0.785. The number of nitrogens with one attached hydrogen (secondary N) is 3. The number of aromatic nitrogens is 2. The molecule has 1 rings (SSSR count). The Labute approximate surface area is 74.4 Å². The van der Waals surface area contributed by atoms with Crippen LogP contribution in [0.15, 0.2) is 10.9 Å². The van der Waals surface area contributed by atoms with Crippen LogP contribution in [-0.4, -0.2) is 15.9 Å². The summed E-state index contributed by atoms with van der Waals surface area (Å²) in [4.78, 5) is 27.7. The second-order valence-electron chi connectivity index (χ2n) is 2.54. The molecule has 13 heavy (non-hydrogen) atoms. The van der Waals surface area contributed by atoms with Gasteiger partial charge in [0.2, 0.25) is 11.9 Å². The van der Waals surface area contributed by atoms with Gasteiger partial charge in [0.15, 0.2) is 0 Å². The number of carbonyl (C=O) groups excluding carboxylic acids is 1. The number of hydrogen-bond donors (Lipinski definition) is 3. The van der Waals surface area contributed by atoms with Crippen LogP contribution < -0.4 is 16.4 Å². The topological polar surface area (TPSA) is 86.9 Å². The van der Waals surface area contributed by atoms with Crippen LogP contribution >= 0.6 is 0 Å². The highest BCUT2D eigenvalue weighted by Gasteiger charge is 1.96. The van der Waals surface area contributed by atoms with E-state index < -0.39 is 0 Å². The summed E-state index contributed by atoms with van der Waals surface area (Å²) < 4.78 is 0. The molecule has 0 aliphatic heterocycles. The summed E-state index contributed by atoms with van der Waals surface area (Å²) in [5.41, 5.74) is 5.07. The first-order valence-corrected chi connectivity index (χ1v) is 3.68. The predicted molar refractivity (Wildman–Crippen MR) is 47.0 cm³/mol. The molecule has 0 aromatic carbocycles. The van der Waals surface area contributed by atoms with Gasteiger partial charge in [0, 0.05) is 18.7 Å². The number of rotatable bonds is 2. The lowest BCUT2D eigenvalue weighted by Gasteiger charge is -2.04. The number of hydrogen-bond acceptors (Lipinski definition) is 4. The molecule has 0 unspecified atom stereocenters. The summed E-state index contributed by atoms with van der Waals surface area (Å²) in [6.07, 6.45) is 0. The molecule has 1 amide bonds. The van der Waals surface area contributed by atoms with Crippen LogP contribution in [0, 0.1) is 6.92 Å². The van der Waals surface area contributed by atoms with E-state index in [4.69, 9.17) is 0 Å². The van der Waals surface area contributed by atoms with Gasteiger partial charge in [-0.1, -0.05) is 0 Å². The van der Waals surface area contributed by atoms with Crippen molar-refractivity contribution >= 4 is 11.9 Å². The molecule has 3 N–H and O–H groups in total. The Morgan fingerprint density at radius 2 is 2.31 bits per heavy atom. The maximum absolute atomic E-state index is 10.9. The van der Waals surface area contributed by atoms with Gasteiger partial charge in [0.1, 0.15) is 0 Å². The molecule has 0 fully saturated rings. The Balaban J connectivity index is 2.77. The molecule has 1 aromatic rings. The molecule has 0 atom stereocenters. The van der Waals surface area contributed by atoms with Crippen LogP contribution in [0.2, 0.25) is 0 Å². The number of H-pyrrole nitrogens is 1. The van der Waals surface area contributed by atoms with E-state index in [0.717, 1.165) is 0 Å². The van der Waals surface area contributed by atoms with Crippen LogP contribution in [-0.2, 0) is 4.79 Å². The summed E-state index contributed by atoms with van der Waals surface area (Å²) in [6, 6.07) is 1.36. The average molecular weight is 182 g/mol. The van der Waals surface area contributed by atoms with E-state index in [2.05, 4.69) is 20.8 Å². The summed E-state index contributed by atoms with van der Waals surface area (Å²) >= 11 is 0. The van der Waals surface area contributed by atoms with E-state index in [0.29, 0.717) is 5.69 Å². The highest BCUT2D eigenvalue weighted by atomic mass is 16.2. The zero-order valence-corrected chi connectivity index (χ0v) is 7.34. The van der Waals surface area contributed by atoms with Gasteiger partial charge in [-0.25, -0.2) is 4.98 Å². The van der Waals surface area contributed by atoms with Crippen molar-refractivity contribution in [1.29, 1.82) is 0 Å². The summed E-state index contributed by atoms with van der Waals surface area (Å²) in [5.74, 6) is -0.0376. The number of hydrazine groups is 1. The fraction of sp³-hybridized carbons (Fsp3) is 0.286. The van der Waals surface area contributed by atoms with Crippen LogP contribution in [0.25, 0.3) is 0 Å². The van der Waals surface area contributed by atoms with E-state index in [1.54, 1.807) is 6.92 Å². The van der Waals surface area contributed by atoms with Crippen molar-refractivity contribution in [2.75, 3.05) is 5.43 Å². The minimum atomic E-state index is -0.264. The van der Waals surface area contributed by atoms with Crippen LogP contribution in [0.1, 0.15) is 12.6 Å². The lowest BCUT2D eigenvalue weighted by atomic mass is 10.4. The Morgan fingerprint density at radius 3 is 2.85 bits per heavy atom. The first kappa shape index (κ1) is 9.24. The van der Waals surface area contributed by atoms with Crippen molar-refractivity contribution in [3.8, 4) is 0 Å². The van der Waals surface area contributed by atoms with Gasteiger partial charge in [-0.2, -0.15) is 0 Å². The van der Waals surface area contributed by atoms with E-state index in [1.807, 2.05) is 0 Å². The highest BCUT2D eigenvalue weighted by molar-refractivity contribution is 5.73. The monoisotopic (exact) mass is 182 g/mol. The Morgan fingerprint density at radius 1 is 1.62 bits per heavy atom. The van der Waals surface area contributed by atoms with Gasteiger partial charge in [-0.05, 0) is 6.92 Å². The molecule has 0 saturated heterocycles. The minimum Gasteiger partial charge on any atom is -0.291 e. The number of amides is 1. The van der Waals surface area contributed by atoms with Gasteiger partial charge in [0.25, 0.3) is 5.56 Å². The Kier molecular flexibility index (Phi) is 2.63. The van der Waals surface area contributed by atoms with Crippen molar-refractivity contribution in [3.63, 3.8) is 0 Å². The molecule has 1 heterocycles. The minimum absolute atomic E-state index is 0.222. The number of anilines is 1. The van der Waals surface area contributed by atoms with E-state index in [9.17, 15) is 9.59 Å². The summed E-state index contributed by atoms with van der Waals surface area (Å²) in [6.45, 7) is 3.04. The standard InChI is InChI=1S/C7H10N4O2/c1-4-3-6(13)9-7(8-4)11-10-5(2)12/h3H,1-2H3,(H,10,12)(H2,8,9,11,13). The van der Waals surface area contributed by atoms with Gasteiger partial charge >= 0.3 is 0 Å². The molecule has 0 saturated carbocycles. The lowest BCUT2D eigenvalue weighted by Crippen LogP contribution is -2.29. The Hall–Kier alpha value is -1.85. The van der Waals surface area contributed by atoms with Crippen LogP contribution in [0.3, 0.4) is 0 Å². The van der Waals surface area contributed by atoms with Crippen molar-refractivity contribution in [1.82, 2.24) is 15.4 Å². The van der Waals surface area contributed by atoms with Gasteiger partial charge in [-0.15, -0.1) is 0 Å². The molecule has 0 aliphatic rings. The second kappa shape index (κ2) is 3.70. The van der Waals surface area contributed by atoms with Crippen molar-refractivity contribution in [2.45, 2.75) is 13.8 Å². The molecule has 6 heteroatoms. The van der Waals surface area contributed by atoms with Crippen molar-refractivity contribution < 1.29 is 4.79 Å². The number of aryl methyl sites for hydroxylation is 1. The molecule has 0 aliphatic carbocycles. The van der Waals surface area contributed by atoms with E-state index >= 15 is 0 Å². The lowest BCUT2D eigenvalue weighted by molar-refractivity contribution is -0.118. The molecule has 0 spiro atoms. The number of aromatic amines is 1. The summed E-state index contributed by atoms with van der Waals surface area (Å²) in [7, 11) is 0. The normalized spacial score (nSPS) is 9.38. The maximum atomic E-state index is 10.9. The smallest absolute Gasteiger partial charge is 0.252 e. The zero-order valence-electron chi connectivity index (χ0n) is 7.34.